The third kappa shape index (κ3) is 2.83. The Morgan fingerprint density at radius 1 is 1.47 bits per heavy atom. The largest absolute Gasteiger partial charge is 0.481 e. The summed E-state index contributed by atoms with van der Waals surface area (Å²) in [5, 5.41) is 11.8. The number of carboxylic acids is 1. The van der Waals surface area contributed by atoms with Crippen LogP contribution < -0.4 is 10.1 Å². The molecule has 1 aromatic heterocycles. The van der Waals surface area contributed by atoms with E-state index in [1.165, 1.54) is 13.3 Å². The molecule has 19 heavy (non-hydrogen) atoms. The van der Waals surface area contributed by atoms with Crippen LogP contribution in [0.15, 0.2) is 18.3 Å². The van der Waals surface area contributed by atoms with Crippen LogP contribution in [0.25, 0.3) is 0 Å². The van der Waals surface area contributed by atoms with Crippen LogP contribution in [0.1, 0.15) is 29.6 Å². The van der Waals surface area contributed by atoms with E-state index in [9.17, 15) is 9.59 Å². The lowest BCUT2D eigenvalue weighted by molar-refractivity contribution is -0.142. The molecule has 0 saturated heterocycles. The number of aromatic nitrogens is 1. The van der Waals surface area contributed by atoms with Gasteiger partial charge in [-0.3, -0.25) is 9.59 Å². The average Bonchev–Trinajstić information content (AvgIpc) is 2.87. The lowest BCUT2D eigenvalue weighted by atomic mass is 10.0. The molecule has 0 radical (unpaired) electrons. The van der Waals surface area contributed by atoms with Gasteiger partial charge in [0.2, 0.25) is 5.88 Å². The maximum Gasteiger partial charge on any atom is 0.308 e. The van der Waals surface area contributed by atoms with Crippen LogP contribution in [0.4, 0.5) is 0 Å². The molecule has 1 fully saturated rings. The van der Waals surface area contributed by atoms with Crippen LogP contribution in [0.5, 0.6) is 5.88 Å². The molecule has 1 saturated carbocycles. The maximum absolute atomic E-state index is 12.1. The van der Waals surface area contributed by atoms with Crippen LogP contribution in [0.3, 0.4) is 0 Å². The monoisotopic (exact) mass is 264 g/mol. The molecule has 0 aromatic carbocycles. The number of carbonyl (C=O) groups is 2. The number of pyridine rings is 1. The lowest BCUT2D eigenvalue weighted by Gasteiger charge is -2.18. The molecule has 1 aliphatic rings. The van der Waals surface area contributed by atoms with Crippen LogP contribution in [-0.4, -0.2) is 35.1 Å². The number of amides is 1. The number of nitrogens with zero attached hydrogens (tertiary/aromatic N) is 1. The molecular formula is C13H16N2O4. The number of nitrogens with one attached hydrogen (secondary N) is 1. The molecule has 0 aliphatic heterocycles. The highest BCUT2D eigenvalue weighted by Crippen LogP contribution is 2.26. The van der Waals surface area contributed by atoms with Crippen LogP contribution in [0.2, 0.25) is 0 Å². The van der Waals surface area contributed by atoms with E-state index < -0.39 is 11.9 Å². The summed E-state index contributed by atoms with van der Waals surface area (Å²) < 4.78 is 5.02. The van der Waals surface area contributed by atoms with Gasteiger partial charge < -0.3 is 15.2 Å². The van der Waals surface area contributed by atoms with Gasteiger partial charge in [0.05, 0.1) is 13.0 Å². The quantitative estimate of drug-likeness (QED) is 0.849. The molecule has 1 heterocycles. The highest BCUT2D eigenvalue weighted by molar-refractivity contribution is 5.96. The van der Waals surface area contributed by atoms with Gasteiger partial charge in [-0.25, -0.2) is 4.98 Å². The number of aliphatic carboxylic acids is 1. The van der Waals surface area contributed by atoms with Gasteiger partial charge in [0.15, 0.2) is 0 Å². The first kappa shape index (κ1) is 13.3. The zero-order valence-corrected chi connectivity index (χ0v) is 10.6. The molecule has 1 amide bonds. The molecule has 2 N–H and O–H groups in total. The predicted molar refractivity (Wildman–Crippen MR) is 67.0 cm³/mol. The summed E-state index contributed by atoms with van der Waals surface area (Å²) in [6.07, 6.45) is 3.63. The lowest BCUT2D eigenvalue weighted by Crippen LogP contribution is -2.40. The van der Waals surface area contributed by atoms with Gasteiger partial charge in [0.1, 0.15) is 5.56 Å². The summed E-state index contributed by atoms with van der Waals surface area (Å²) in [5.74, 6) is -1.47. The average molecular weight is 264 g/mol. The highest BCUT2D eigenvalue weighted by Gasteiger charge is 2.34. The molecule has 0 unspecified atom stereocenters. The van der Waals surface area contributed by atoms with Crippen molar-refractivity contribution in [1.82, 2.24) is 10.3 Å². The van der Waals surface area contributed by atoms with E-state index in [1.807, 2.05) is 0 Å². The molecule has 6 nitrogen and oxygen atoms in total. The van der Waals surface area contributed by atoms with E-state index in [-0.39, 0.29) is 17.8 Å². The van der Waals surface area contributed by atoms with Crippen LogP contribution in [-0.2, 0) is 4.79 Å². The molecule has 6 heteroatoms. The number of carboxylic acid groups (broad SMARTS) is 1. The summed E-state index contributed by atoms with van der Waals surface area (Å²) in [6, 6.07) is 2.92. The van der Waals surface area contributed by atoms with Crippen molar-refractivity contribution in [2.45, 2.75) is 25.3 Å². The van der Waals surface area contributed by atoms with Gasteiger partial charge in [0, 0.05) is 12.2 Å². The van der Waals surface area contributed by atoms with Gasteiger partial charge in [-0.2, -0.15) is 0 Å². The first-order chi connectivity index (χ1) is 9.13. The molecule has 0 bridgehead atoms. The second-order valence-corrected chi connectivity index (χ2v) is 4.52. The number of methoxy groups -OCH3 is 1. The Morgan fingerprint density at radius 2 is 2.26 bits per heavy atom. The number of ether oxygens (including phenoxy) is 1. The maximum atomic E-state index is 12.1. The first-order valence-electron chi connectivity index (χ1n) is 6.16. The van der Waals surface area contributed by atoms with Crippen molar-refractivity contribution in [2.75, 3.05) is 7.11 Å². The third-order valence-corrected chi connectivity index (χ3v) is 3.36. The predicted octanol–water partition coefficient (Wildman–Crippen LogP) is 1.07. The van der Waals surface area contributed by atoms with Gasteiger partial charge >= 0.3 is 5.97 Å². The second-order valence-electron chi connectivity index (χ2n) is 4.52. The zero-order chi connectivity index (χ0) is 13.8. The minimum absolute atomic E-state index is 0.241. The molecule has 1 aromatic rings. The Hall–Kier alpha value is -2.11. The van der Waals surface area contributed by atoms with Crippen molar-refractivity contribution in [1.29, 1.82) is 0 Å². The topological polar surface area (TPSA) is 88.5 Å². The Kier molecular flexibility index (Phi) is 3.99. The molecule has 102 valence electrons. The summed E-state index contributed by atoms with van der Waals surface area (Å²) in [7, 11) is 1.44. The molecular weight excluding hydrogens is 248 g/mol. The van der Waals surface area contributed by atoms with Gasteiger partial charge in [-0.15, -0.1) is 0 Å². The van der Waals surface area contributed by atoms with E-state index >= 15 is 0 Å². The van der Waals surface area contributed by atoms with Crippen LogP contribution >= 0.6 is 0 Å². The summed E-state index contributed by atoms with van der Waals surface area (Å²) in [4.78, 5) is 27.1. The zero-order valence-electron chi connectivity index (χ0n) is 10.6. The molecule has 2 atom stereocenters. The third-order valence-electron chi connectivity index (χ3n) is 3.36. The number of rotatable bonds is 4. The summed E-state index contributed by atoms with van der Waals surface area (Å²) >= 11 is 0. The fraction of sp³-hybridized carbons (Fsp3) is 0.462. The van der Waals surface area contributed by atoms with Crippen molar-refractivity contribution in [2.24, 2.45) is 5.92 Å². The number of hydrogen-bond acceptors (Lipinski definition) is 4. The van der Waals surface area contributed by atoms with E-state index in [0.29, 0.717) is 18.4 Å². The Balaban J connectivity index is 2.10. The number of hydrogen-bond donors (Lipinski definition) is 2. The van der Waals surface area contributed by atoms with Crippen molar-refractivity contribution < 1.29 is 19.4 Å². The van der Waals surface area contributed by atoms with E-state index in [4.69, 9.17) is 9.84 Å². The molecule has 2 rings (SSSR count). The Labute approximate surface area is 110 Å². The van der Waals surface area contributed by atoms with Crippen molar-refractivity contribution >= 4 is 11.9 Å². The fourth-order valence-corrected chi connectivity index (χ4v) is 2.40. The Morgan fingerprint density at radius 3 is 2.95 bits per heavy atom. The molecule has 0 spiro atoms. The molecule has 1 aliphatic carbocycles. The van der Waals surface area contributed by atoms with Crippen LogP contribution in [0, 0.1) is 5.92 Å². The SMILES string of the molecule is COc1ncccc1C(=O)N[C@@H]1CCC[C@H]1C(=O)O. The van der Waals surface area contributed by atoms with E-state index in [1.54, 1.807) is 12.1 Å². The first-order valence-corrected chi connectivity index (χ1v) is 6.16. The van der Waals surface area contributed by atoms with Crippen molar-refractivity contribution in [3.05, 3.63) is 23.9 Å². The van der Waals surface area contributed by atoms with Gasteiger partial charge in [-0.05, 0) is 25.0 Å². The summed E-state index contributed by atoms with van der Waals surface area (Å²) in [6.45, 7) is 0. The van der Waals surface area contributed by atoms with Gasteiger partial charge in [0.25, 0.3) is 5.91 Å². The summed E-state index contributed by atoms with van der Waals surface area (Å²) in [5.41, 5.74) is 0.320. The standard InChI is InChI=1S/C13H16N2O4/c1-19-12-9(5-3-7-14-12)11(16)15-10-6-2-4-8(10)13(17)18/h3,5,7-8,10H,2,4,6H2,1H3,(H,15,16)(H,17,18)/t8-,10-/m1/s1. The normalized spacial score (nSPS) is 21.9. The van der Waals surface area contributed by atoms with Crippen molar-refractivity contribution in [3.63, 3.8) is 0 Å². The van der Waals surface area contributed by atoms with E-state index in [2.05, 4.69) is 10.3 Å². The highest BCUT2D eigenvalue weighted by atomic mass is 16.5. The second kappa shape index (κ2) is 5.69. The fourth-order valence-electron chi connectivity index (χ4n) is 2.40. The smallest absolute Gasteiger partial charge is 0.308 e. The minimum Gasteiger partial charge on any atom is -0.481 e. The minimum atomic E-state index is -0.860. The van der Waals surface area contributed by atoms with Crippen molar-refractivity contribution in [3.8, 4) is 5.88 Å². The number of carbonyl (C=O) groups excluding carboxylic acids is 1. The van der Waals surface area contributed by atoms with Gasteiger partial charge in [-0.1, -0.05) is 6.42 Å². The van der Waals surface area contributed by atoms with E-state index in [0.717, 1.165) is 6.42 Å². The Bertz CT molecular complexity index is 489.